The molecule has 1 heterocycles. The van der Waals surface area contributed by atoms with Crippen LogP contribution in [0, 0.1) is 0 Å². The van der Waals surface area contributed by atoms with E-state index < -0.39 is 0 Å². The highest BCUT2D eigenvalue weighted by molar-refractivity contribution is 6.30. The molecule has 4 heteroatoms. The number of amidine groups is 1. The van der Waals surface area contributed by atoms with Crippen LogP contribution in [-0.2, 0) is 6.42 Å². The molecule has 3 aromatic carbocycles. The highest BCUT2D eigenvalue weighted by atomic mass is 35.5. The lowest BCUT2D eigenvalue weighted by molar-refractivity contribution is 1.11. The second kappa shape index (κ2) is 7.68. The predicted molar refractivity (Wildman–Crippen MR) is 116 cm³/mol. The molecule has 0 bridgehead atoms. The van der Waals surface area contributed by atoms with Gasteiger partial charge in [0.15, 0.2) is 0 Å². The molecule has 27 heavy (non-hydrogen) atoms. The number of anilines is 1. The van der Waals surface area contributed by atoms with Gasteiger partial charge in [-0.05, 0) is 71.1 Å². The van der Waals surface area contributed by atoms with Gasteiger partial charge in [0.2, 0.25) is 0 Å². The molecule has 3 aromatic rings. The third-order valence-electron chi connectivity index (χ3n) is 4.59. The largest absolute Gasteiger partial charge is 0.384 e. The lowest BCUT2D eigenvalue weighted by atomic mass is 10.0. The molecule has 1 aliphatic heterocycles. The quantitative estimate of drug-likeness (QED) is 0.456. The first-order valence-electron chi connectivity index (χ1n) is 8.92. The number of rotatable bonds is 4. The maximum atomic E-state index is 5.99. The number of aliphatic imine (C=N–C) groups is 1. The normalized spacial score (nSPS) is 13.6. The smallest absolute Gasteiger partial charge is 0.124 e. The molecular weight excluding hydrogens is 354 g/mol. The Balaban J connectivity index is 1.47. The molecule has 0 aromatic heterocycles. The second-order valence-electron chi connectivity index (χ2n) is 6.52. The number of hydrogen-bond donors (Lipinski definition) is 2. The second-order valence-corrected chi connectivity index (χ2v) is 6.95. The van der Waals surface area contributed by atoms with Gasteiger partial charge in [0.25, 0.3) is 0 Å². The van der Waals surface area contributed by atoms with Crippen LogP contribution < -0.4 is 11.1 Å². The third-order valence-corrected chi connectivity index (χ3v) is 4.84. The summed E-state index contributed by atoms with van der Waals surface area (Å²) < 4.78 is 0. The van der Waals surface area contributed by atoms with Crippen molar-refractivity contribution in [2.24, 2.45) is 10.7 Å². The lowest BCUT2D eigenvalue weighted by Crippen LogP contribution is -2.06. The van der Waals surface area contributed by atoms with Crippen molar-refractivity contribution < 1.29 is 0 Å². The standard InChI is InChI=1S/C23H20ClN3/c24-20-7-9-21(10-8-20)27-23(25)12-3-16-1-4-17(5-2-16)18-6-11-22-19(15-18)13-14-26-22/h1-12,15,26H,13-14H2,(H2,25,27). The Kier molecular flexibility index (Phi) is 4.95. The van der Waals surface area contributed by atoms with Gasteiger partial charge in [0.05, 0.1) is 5.69 Å². The van der Waals surface area contributed by atoms with Gasteiger partial charge >= 0.3 is 0 Å². The van der Waals surface area contributed by atoms with E-state index in [1.807, 2.05) is 24.3 Å². The number of benzene rings is 3. The molecule has 0 spiro atoms. The van der Waals surface area contributed by atoms with Crippen molar-refractivity contribution in [1.82, 2.24) is 0 Å². The monoisotopic (exact) mass is 373 g/mol. The number of nitrogens with one attached hydrogen (secondary N) is 1. The molecule has 3 nitrogen and oxygen atoms in total. The molecule has 0 radical (unpaired) electrons. The first kappa shape index (κ1) is 17.4. The van der Waals surface area contributed by atoms with E-state index in [9.17, 15) is 0 Å². The van der Waals surface area contributed by atoms with E-state index in [-0.39, 0.29) is 0 Å². The van der Waals surface area contributed by atoms with Gasteiger partial charge in [-0.25, -0.2) is 4.99 Å². The van der Waals surface area contributed by atoms with Gasteiger partial charge in [0, 0.05) is 17.3 Å². The fourth-order valence-corrected chi connectivity index (χ4v) is 3.28. The molecule has 3 N–H and O–H groups in total. The first-order chi connectivity index (χ1) is 13.2. The maximum Gasteiger partial charge on any atom is 0.124 e. The van der Waals surface area contributed by atoms with Crippen LogP contribution in [-0.4, -0.2) is 12.4 Å². The zero-order valence-electron chi connectivity index (χ0n) is 14.8. The van der Waals surface area contributed by atoms with Crippen molar-refractivity contribution in [2.75, 3.05) is 11.9 Å². The Morgan fingerprint density at radius 1 is 0.963 bits per heavy atom. The number of hydrogen-bond acceptors (Lipinski definition) is 2. The van der Waals surface area contributed by atoms with Gasteiger partial charge in [0.1, 0.15) is 5.84 Å². The van der Waals surface area contributed by atoms with Gasteiger partial charge in [-0.2, -0.15) is 0 Å². The molecule has 0 amide bonds. The first-order valence-corrected chi connectivity index (χ1v) is 9.30. The zero-order valence-corrected chi connectivity index (χ0v) is 15.6. The van der Waals surface area contributed by atoms with Crippen molar-refractivity contribution in [3.8, 4) is 11.1 Å². The topological polar surface area (TPSA) is 50.4 Å². The van der Waals surface area contributed by atoms with Crippen molar-refractivity contribution in [3.05, 3.63) is 89.0 Å². The molecule has 0 aliphatic carbocycles. The summed E-state index contributed by atoms with van der Waals surface area (Å²) in [6.45, 7) is 1.03. The van der Waals surface area contributed by atoms with Gasteiger partial charge in [-0.15, -0.1) is 0 Å². The highest BCUT2D eigenvalue weighted by Gasteiger charge is 2.10. The van der Waals surface area contributed by atoms with Gasteiger partial charge in [-0.1, -0.05) is 48.0 Å². The summed E-state index contributed by atoms with van der Waals surface area (Å²) in [5.41, 5.74) is 13.0. The van der Waals surface area contributed by atoms with E-state index in [1.54, 1.807) is 12.1 Å². The molecule has 0 unspecified atom stereocenters. The molecule has 0 atom stereocenters. The maximum absolute atomic E-state index is 5.99. The van der Waals surface area contributed by atoms with Crippen LogP contribution in [0.25, 0.3) is 17.2 Å². The minimum atomic E-state index is 0.451. The van der Waals surface area contributed by atoms with Crippen LogP contribution >= 0.6 is 11.6 Å². The van der Waals surface area contributed by atoms with E-state index in [0.29, 0.717) is 10.9 Å². The zero-order chi connectivity index (χ0) is 18.6. The van der Waals surface area contributed by atoms with Crippen molar-refractivity contribution >= 4 is 34.9 Å². The molecule has 4 rings (SSSR count). The Morgan fingerprint density at radius 3 is 2.48 bits per heavy atom. The van der Waals surface area contributed by atoms with Gasteiger partial charge < -0.3 is 11.1 Å². The van der Waals surface area contributed by atoms with Crippen molar-refractivity contribution in [3.63, 3.8) is 0 Å². The van der Waals surface area contributed by atoms with Crippen molar-refractivity contribution in [2.45, 2.75) is 6.42 Å². The summed E-state index contributed by atoms with van der Waals surface area (Å²) >= 11 is 5.88. The summed E-state index contributed by atoms with van der Waals surface area (Å²) in [7, 11) is 0. The molecule has 0 fully saturated rings. The Labute approximate surface area is 164 Å². The van der Waals surface area contributed by atoms with Crippen LogP contribution in [0.3, 0.4) is 0 Å². The number of nitrogens with zero attached hydrogens (tertiary/aromatic N) is 1. The molecule has 134 valence electrons. The van der Waals surface area contributed by atoms with Crippen LogP contribution in [0.2, 0.25) is 5.02 Å². The minimum Gasteiger partial charge on any atom is -0.384 e. The Hall–Kier alpha value is -3.04. The Morgan fingerprint density at radius 2 is 1.70 bits per heavy atom. The summed E-state index contributed by atoms with van der Waals surface area (Å²) in [4.78, 5) is 4.36. The summed E-state index contributed by atoms with van der Waals surface area (Å²) in [6.07, 6.45) is 4.87. The SMILES string of the molecule is NC(C=Cc1ccc(-c2ccc3c(c2)CCN3)cc1)=Nc1ccc(Cl)cc1. The van der Waals surface area contributed by atoms with Crippen LogP contribution in [0.1, 0.15) is 11.1 Å². The van der Waals surface area contributed by atoms with E-state index in [1.165, 1.54) is 22.4 Å². The fourth-order valence-electron chi connectivity index (χ4n) is 3.15. The molecule has 0 saturated heterocycles. The van der Waals surface area contributed by atoms with Crippen LogP contribution in [0.4, 0.5) is 11.4 Å². The lowest BCUT2D eigenvalue weighted by Gasteiger charge is -2.06. The third kappa shape index (κ3) is 4.21. The highest BCUT2D eigenvalue weighted by Crippen LogP contribution is 2.28. The predicted octanol–water partition coefficient (Wildman–Crippen LogP) is 5.68. The van der Waals surface area contributed by atoms with Gasteiger partial charge in [-0.3, -0.25) is 0 Å². The Bertz CT molecular complexity index is 1000. The van der Waals surface area contributed by atoms with Crippen LogP contribution in [0.15, 0.2) is 77.8 Å². The average Bonchev–Trinajstić information content (AvgIpc) is 3.16. The fraction of sp³-hybridized carbons (Fsp3) is 0.0870. The van der Waals surface area contributed by atoms with Crippen LogP contribution in [0.5, 0.6) is 0 Å². The minimum absolute atomic E-state index is 0.451. The van der Waals surface area contributed by atoms with Crippen molar-refractivity contribution in [1.29, 1.82) is 0 Å². The summed E-state index contributed by atoms with van der Waals surface area (Å²) in [6, 6.07) is 22.3. The molecular formula is C23H20ClN3. The van der Waals surface area contributed by atoms with E-state index in [0.717, 1.165) is 24.2 Å². The molecule has 0 saturated carbocycles. The van der Waals surface area contributed by atoms with E-state index in [4.69, 9.17) is 17.3 Å². The van der Waals surface area contributed by atoms with E-state index >= 15 is 0 Å². The number of fused-ring (bicyclic) bond motifs is 1. The molecule has 1 aliphatic rings. The number of nitrogens with two attached hydrogens (primary N) is 1. The summed E-state index contributed by atoms with van der Waals surface area (Å²) in [5.74, 6) is 0.451. The van der Waals surface area contributed by atoms with E-state index in [2.05, 4.69) is 52.8 Å². The summed E-state index contributed by atoms with van der Waals surface area (Å²) in [5, 5.41) is 4.08. The average molecular weight is 374 g/mol. The number of halogens is 1.